The highest BCUT2D eigenvalue weighted by molar-refractivity contribution is 6.37. The summed E-state index contributed by atoms with van der Waals surface area (Å²) in [6, 6.07) is 1.40. The molecule has 86 valence electrons. The number of ether oxygens (including phenoxy) is 1. The van der Waals surface area contributed by atoms with Crippen molar-refractivity contribution in [1.29, 1.82) is 5.41 Å². The average Bonchev–Trinajstić information content (AvgIpc) is 2.21. The number of carbonyl (C=O) groups is 1. The van der Waals surface area contributed by atoms with E-state index in [1.165, 1.54) is 20.1 Å². The second kappa shape index (κ2) is 5.14. The topological polar surface area (TPSA) is 75.1 Å². The van der Waals surface area contributed by atoms with Crippen LogP contribution in [0.15, 0.2) is 6.07 Å². The number of methoxy groups -OCH3 is 1. The van der Waals surface area contributed by atoms with Gasteiger partial charge in [-0.2, -0.15) is 0 Å². The zero-order chi connectivity index (χ0) is 12.3. The van der Waals surface area contributed by atoms with Gasteiger partial charge in [-0.1, -0.05) is 23.2 Å². The first-order chi connectivity index (χ1) is 7.45. The quantitative estimate of drug-likeness (QED) is 0.488. The number of pyridine rings is 1. The summed E-state index contributed by atoms with van der Waals surface area (Å²) < 4.78 is 4.70. The molecule has 0 atom stereocenters. The first kappa shape index (κ1) is 12.7. The fourth-order valence-electron chi connectivity index (χ4n) is 1.03. The Balaban J connectivity index is 3.25. The third-order valence-corrected chi connectivity index (χ3v) is 2.23. The van der Waals surface area contributed by atoms with Crippen molar-refractivity contribution in [3.05, 3.63) is 21.9 Å². The van der Waals surface area contributed by atoms with E-state index < -0.39 is 0 Å². The number of amides is 1. The molecule has 0 saturated heterocycles. The summed E-state index contributed by atoms with van der Waals surface area (Å²) in [4.78, 5) is 14.8. The van der Waals surface area contributed by atoms with Crippen molar-refractivity contribution in [3.8, 4) is 0 Å². The predicted octanol–water partition coefficient (Wildman–Crippen LogP) is 2.32. The molecule has 0 unspecified atom stereocenters. The van der Waals surface area contributed by atoms with Crippen LogP contribution in [0.1, 0.15) is 12.6 Å². The van der Waals surface area contributed by atoms with Crippen LogP contribution in [0.5, 0.6) is 0 Å². The lowest BCUT2D eigenvalue weighted by atomic mass is 10.3. The van der Waals surface area contributed by atoms with Gasteiger partial charge in [-0.05, 0) is 0 Å². The van der Waals surface area contributed by atoms with Crippen LogP contribution in [-0.4, -0.2) is 23.9 Å². The molecule has 0 spiro atoms. The monoisotopic (exact) mass is 261 g/mol. The Morgan fingerprint density at radius 3 is 2.69 bits per heavy atom. The maximum absolute atomic E-state index is 10.9. The second-order valence-electron chi connectivity index (χ2n) is 2.87. The molecule has 0 fully saturated rings. The number of nitrogens with one attached hydrogen (secondary N) is 2. The van der Waals surface area contributed by atoms with Gasteiger partial charge in [0.1, 0.15) is 10.8 Å². The minimum Gasteiger partial charge on any atom is -0.480 e. The second-order valence-corrected chi connectivity index (χ2v) is 3.63. The average molecular weight is 262 g/mol. The number of hydrogen-bond acceptors (Lipinski definition) is 4. The van der Waals surface area contributed by atoms with Crippen molar-refractivity contribution in [2.75, 3.05) is 12.4 Å². The number of anilines is 1. The third-order valence-electron chi connectivity index (χ3n) is 1.66. The molecule has 0 saturated carbocycles. The molecular weight excluding hydrogens is 253 g/mol. The zero-order valence-corrected chi connectivity index (χ0v) is 10.1. The molecule has 0 aromatic carbocycles. The van der Waals surface area contributed by atoms with E-state index in [1.807, 2.05) is 0 Å². The van der Waals surface area contributed by atoms with E-state index >= 15 is 0 Å². The number of carbonyl (C=O) groups excluding carboxylic acids is 1. The molecule has 0 aliphatic heterocycles. The molecule has 7 heteroatoms. The van der Waals surface area contributed by atoms with E-state index in [9.17, 15) is 4.79 Å². The van der Waals surface area contributed by atoms with Gasteiger partial charge in [0.2, 0.25) is 11.8 Å². The Kier molecular flexibility index (Phi) is 4.09. The van der Waals surface area contributed by atoms with Crippen molar-refractivity contribution < 1.29 is 9.53 Å². The molecule has 0 aliphatic rings. The smallest absolute Gasteiger partial charge is 0.233 e. The van der Waals surface area contributed by atoms with Gasteiger partial charge in [0.25, 0.3) is 0 Å². The summed E-state index contributed by atoms with van der Waals surface area (Å²) >= 11 is 11.7. The minimum atomic E-state index is -0.293. The fraction of sp³-hybridized carbons (Fsp3) is 0.222. The van der Waals surface area contributed by atoms with Gasteiger partial charge in [-0.3, -0.25) is 10.2 Å². The van der Waals surface area contributed by atoms with Gasteiger partial charge in [0.05, 0.1) is 17.8 Å². The summed E-state index contributed by atoms with van der Waals surface area (Å²) in [6.07, 6.45) is 0. The highest BCUT2D eigenvalue weighted by Crippen LogP contribution is 2.28. The molecule has 1 heterocycles. The van der Waals surface area contributed by atoms with Gasteiger partial charge >= 0.3 is 0 Å². The van der Waals surface area contributed by atoms with Crippen molar-refractivity contribution in [1.82, 2.24) is 4.98 Å². The van der Waals surface area contributed by atoms with E-state index in [1.54, 1.807) is 0 Å². The SMILES string of the molecule is COC(=N)c1nc(Cl)cc(NC(C)=O)c1Cl. The van der Waals surface area contributed by atoms with Gasteiger partial charge in [0, 0.05) is 13.0 Å². The van der Waals surface area contributed by atoms with Crippen LogP contribution in [0.2, 0.25) is 10.2 Å². The minimum absolute atomic E-state index is 0.0837. The largest absolute Gasteiger partial charge is 0.480 e. The highest BCUT2D eigenvalue weighted by Gasteiger charge is 2.15. The number of aromatic nitrogens is 1. The maximum atomic E-state index is 10.9. The first-order valence-electron chi connectivity index (χ1n) is 4.22. The Bertz CT molecular complexity index is 449. The molecule has 0 radical (unpaired) electrons. The molecule has 0 bridgehead atoms. The number of nitrogens with zero attached hydrogens (tertiary/aromatic N) is 1. The van der Waals surface area contributed by atoms with E-state index in [0.717, 1.165) is 0 Å². The summed E-state index contributed by atoms with van der Waals surface area (Å²) in [5, 5.41) is 10.2. The molecule has 1 amide bonds. The van der Waals surface area contributed by atoms with Crippen molar-refractivity contribution in [2.24, 2.45) is 0 Å². The first-order valence-corrected chi connectivity index (χ1v) is 4.97. The van der Waals surface area contributed by atoms with Gasteiger partial charge in [-0.15, -0.1) is 0 Å². The normalized spacial score (nSPS) is 9.75. The Morgan fingerprint density at radius 1 is 1.56 bits per heavy atom. The highest BCUT2D eigenvalue weighted by atomic mass is 35.5. The van der Waals surface area contributed by atoms with Gasteiger partial charge < -0.3 is 10.1 Å². The Morgan fingerprint density at radius 2 is 2.19 bits per heavy atom. The third kappa shape index (κ3) is 2.84. The summed E-state index contributed by atoms with van der Waals surface area (Å²) in [7, 11) is 1.32. The van der Waals surface area contributed by atoms with Crippen LogP contribution in [0, 0.1) is 5.41 Å². The molecular formula is C9H9Cl2N3O2. The molecule has 1 aromatic heterocycles. The van der Waals surface area contributed by atoms with Gasteiger partial charge in [0.15, 0.2) is 0 Å². The molecule has 1 rings (SSSR count). The van der Waals surface area contributed by atoms with Crippen molar-refractivity contribution >= 4 is 40.7 Å². The molecule has 5 nitrogen and oxygen atoms in total. The lowest BCUT2D eigenvalue weighted by Crippen LogP contribution is -2.11. The number of rotatable bonds is 2. The van der Waals surface area contributed by atoms with Crippen molar-refractivity contribution in [3.63, 3.8) is 0 Å². The van der Waals surface area contributed by atoms with Crippen LogP contribution in [-0.2, 0) is 9.53 Å². The summed E-state index contributed by atoms with van der Waals surface area (Å²) in [5.74, 6) is -0.516. The van der Waals surface area contributed by atoms with Crippen LogP contribution in [0.4, 0.5) is 5.69 Å². The lowest BCUT2D eigenvalue weighted by Gasteiger charge is -2.09. The molecule has 0 aliphatic carbocycles. The number of hydrogen-bond donors (Lipinski definition) is 2. The Labute approximate surface area is 102 Å². The molecule has 16 heavy (non-hydrogen) atoms. The predicted molar refractivity (Wildman–Crippen MR) is 62.4 cm³/mol. The molecule has 1 aromatic rings. The van der Waals surface area contributed by atoms with Crippen LogP contribution in [0.25, 0.3) is 0 Å². The van der Waals surface area contributed by atoms with E-state index in [0.29, 0.717) is 5.69 Å². The summed E-state index contributed by atoms with van der Waals surface area (Å²) in [5.41, 5.74) is 0.381. The maximum Gasteiger partial charge on any atom is 0.233 e. The lowest BCUT2D eigenvalue weighted by molar-refractivity contribution is -0.114. The summed E-state index contributed by atoms with van der Waals surface area (Å²) in [6.45, 7) is 1.34. The van der Waals surface area contributed by atoms with Crippen LogP contribution >= 0.6 is 23.2 Å². The standard InChI is InChI=1S/C9H9Cl2N3O2/c1-4(15)13-5-3-6(10)14-8(7(5)11)9(12)16-2/h3,12H,1-2H3,(H,13,14,15). The van der Waals surface area contributed by atoms with Crippen LogP contribution in [0.3, 0.4) is 0 Å². The van der Waals surface area contributed by atoms with E-state index in [2.05, 4.69) is 10.3 Å². The van der Waals surface area contributed by atoms with E-state index in [-0.39, 0.29) is 27.7 Å². The van der Waals surface area contributed by atoms with Crippen molar-refractivity contribution in [2.45, 2.75) is 6.92 Å². The van der Waals surface area contributed by atoms with Gasteiger partial charge in [-0.25, -0.2) is 4.98 Å². The van der Waals surface area contributed by atoms with Crippen LogP contribution < -0.4 is 5.32 Å². The zero-order valence-electron chi connectivity index (χ0n) is 8.60. The van der Waals surface area contributed by atoms with E-state index in [4.69, 9.17) is 33.3 Å². The number of halogens is 2. The molecule has 2 N–H and O–H groups in total. The fourth-order valence-corrected chi connectivity index (χ4v) is 1.45. The Hall–Kier alpha value is -1.33.